The molecule has 5 nitrogen and oxygen atoms in total. The van der Waals surface area contributed by atoms with Gasteiger partial charge < -0.3 is 9.84 Å². The topological polar surface area (TPSA) is 76.0 Å². The third-order valence-corrected chi connectivity index (χ3v) is 1.15. The normalized spacial score (nSPS) is 9.00. The lowest BCUT2D eigenvalue weighted by atomic mass is 10.3. The number of hydrogen-bond acceptors (Lipinski definition) is 4. The SMILES string of the molecule is O=Nc1ccc(OC(=O)O)cc1. The minimum absolute atomic E-state index is 0.162. The van der Waals surface area contributed by atoms with Crippen LogP contribution in [-0.4, -0.2) is 11.3 Å². The van der Waals surface area contributed by atoms with Gasteiger partial charge in [-0.3, -0.25) is 0 Å². The van der Waals surface area contributed by atoms with Crippen LogP contribution in [0.3, 0.4) is 0 Å². The summed E-state index contributed by atoms with van der Waals surface area (Å²) in [7, 11) is 0. The predicted octanol–water partition coefficient (Wildman–Crippen LogP) is 2.14. The van der Waals surface area contributed by atoms with Crippen LogP contribution in [0.4, 0.5) is 10.5 Å². The Morgan fingerprint density at radius 1 is 1.33 bits per heavy atom. The van der Waals surface area contributed by atoms with Crippen molar-refractivity contribution in [3.05, 3.63) is 29.2 Å². The molecule has 0 spiro atoms. The van der Waals surface area contributed by atoms with Crippen LogP contribution in [0, 0.1) is 4.91 Å². The highest BCUT2D eigenvalue weighted by Crippen LogP contribution is 2.17. The molecular weight excluding hydrogens is 162 g/mol. The predicted molar refractivity (Wildman–Crippen MR) is 40.5 cm³/mol. The van der Waals surface area contributed by atoms with Gasteiger partial charge in [0, 0.05) is 0 Å². The highest BCUT2D eigenvalue weighted by atomic mass is 16.7. The molecular formula is C7H5NO4. The second-order valence-corrected chi connectivity index (χ2v) is 1.95. The molecule has 0 amide bonds. The Bertz CT molecular complexity index is 293. The molecule has 0 saturated carbocycles. The average molecular weight is 167 g/mol. The molecule has 1 aromatic carbocycles. The van der Waals surface area contributed by atoms with E-state index < -0.39 is 6.16 Å². The Balaban J connectivity index is 2.77. The number of nitrogens with zero attached hydrogens (tertiary/aromatic N) is 1. The standard InChI is InChI=1S/C7H5NO4/c9-7(10)12-6-3-1-5(8-11)2-4-6/h1-4H,(H,9,10). The van der Waals surface area contributed by atoms with Gasteiger partial charge in [-0.2, -0.15) is 0 Å². The van der Waals surface area contributed by atoms with E-state index in [2.05, 4.69) is 9.91 Å². The van der Waals surface area contributed by atoms with E-state index in [9.17, 15) is 9.70 Å². The molecule has 0 fully saturated rings. The van der Waals surface area contributed by atoms with Crippen LogP contribution in [0.15, 0.2) is 29.4 Å². The van der Waals surface area contributed by atoms with E-state index in [0.717, 1.165) is 0 Å². The third-order valence-electron chi connectivity index (χ3n) is 1.15. The summed E-state index contributed by atoms with van der Waals surface area (Å²) in [5, 5.41) is 10.8. The number of carboxylic acid groups (broad SMARTS) is 1. The lowest BCUT2D eigenvalue weighted by Gasteiger charge is -1.97. The Labute approximate surface area is 67.6 Å². The molecule has 1 rings (SSSR count). The second-order valence-electron chi connectivity index (χ2n) is 1.95. The maximum absolute atomic E-state index is 10.0. The van der Waals surface area contributed by atoms with E-state index in [-0.39, 0.29) is 11.4 Å². The molecule has 0 bridgehead atoms. The molecule has 12 heavy (non-hydrogen) atoms. The number of rotatable bonds is 2. The van der Waals surface area contributed by atoms with Crippen LogP contribution < -0.4 is 4.74 Å². The van der Waals surface area contributed by atoms with Gasteiger partial charge in [0.05, 0.1) is 0 Å². The maximum atomic E-state index is 10.0. The molecule has 0 heterocycles. The molecule has 1 N–H and O–H groups in total. The van der Waals surface area contributed by atoms with E-state index in [4.69, 9.17) is 5.11 Å². The van der Waals surface area contributed by atoms with Crippen molar-refractivity contribution >= 4 is 11.8 Å². The number of ether oxygens (including phenoxy) is 1. The Morgan fingerprint density at radius 3 is 2.33 bits per heavy atom. The molecule has 0 aliphatic rings. The molecule has 0 aromatic heterocycles. The lowest BCUT2D eigenvalue weighted by Crippen LogP contribution is -2.02. The smallest absolute Gasteiger partial charge is 0.449 e. The summed E-state index contributed by atoms with van der Waals surface area (Å²) in [5.74, 6) is 0.162. The van der Waals surface area contributed by atoms with Gasteiger partial charge in [-0.1, -0.05) is 0 Å². The third kappa shape index (κ3) is 2.05. The maximum Gasteiger partial charge on any atom is 0.511 e. The van der Waals surface area contributed by atoms with Gasteiger partial charge >= 0.3 is 6.16 Å². The second kappa shape index (κ2) is 3.47. The Kier molecular flexibility index (Phi) is 2.37. The monoisotopic (exact) mass is 167 g/mol. The van der Waals surface area contributed by atoms with Crippen LogP contribution in [-0.2, 0) is 0 Å². The van der Waals surface area contributed by atoms with Crippen LogP contribution in [0.2, 0.25) is 0 Å². The van der Waals surface area contributed by atoms with E-state index in [1.165, 1.54) is 24.3 Å². The molecule has 0 unspecified atom stereocenters. The molecule has 62 valence electrons. The molecule has 5 heteroatoms. The fraction of sp³-hybridized carbons (Fsp3) is 0. The molecule has 0 atom stereocenters. The number of carbonyl (C=O) groups is 1. The van der Waals surface area contributed by atoms with E-state index in [1.807, 2.05) is 0 Å². The molecule has 0 saturated heterocycles. The van der Waals surface area contributed by atoms with Crippen molar-refractivity contribution in [1.29, 1.82) is 0 Å². The summed E-state index contributed by atoms with van der Waals surface area (Å²) >= 11 is 0. The van der Waals surface area contributed by atoms with Crippen LogP contribution in [0.1, 0.15) is 0 Å². The van der Waals surface area contributed by atoms with Crippen molar-refractivity contribution < 1.29 is 14.6 Å². The van der Waals surface area contributed by atoms with Gasteiger partial charge in [0.2, 0.25) is 0 Å². The Morgan fingerprint density at radius 2 is 1.92 bits per heavy atom. The van der Waals surface area contributed by atoms with E-state index in [0.29, 0.717) is 0 Å². The first-order chi connectivity index (χ1) is 5.72. The largest absolute Gasteiger partial charge is 0.511 e. The average Bonchev–Trinajstić information content (AvgIpc) is 2.05. The van der Waals surface area contributed by atoms with Gasteiger partial charge in [-0.25, -0.2) is 4.79 Å². The van der Waals surface area contributed by atoms with Crippen molar-refractivity contribution in [3.63, 3.8) is 0 Å². The highest BCUT2D eigenvalue weighted by Gasteiger charge is 1.99. The summed E-state index contributed by atoms with van der Waals surface area (Å²) in [4.78, 5) is 19.9. The number of benzene rings is 1. The molecule has 1 aromatic rings. The highest BCUT2D eigenvalue weighted by molar-refractivity contribution is 5.61. The van der Waals surface area contributed by atoms with Crippen molar-refractivity contribution in [2.24, 2.45) is 5.18 Å². The van der Waals surface area contributed by atoms with Gasteiger partial charge in [-0.15, -0.1) is 4.91 Å². The zero-order valence-corrected chi connectivity index (χ0v) is 5.93. The first-order valence-corrected chi connectivity index (χ1v) is 3.06. The zero-order chi connectivity index (χ0) is 8.97. The lowest BCUT2D eigenvalue weighted by molar-refractivity contribution is 0.144. The van der Waals surface area contributed by atoms with Crippen LogP contribution in [0.5, 0.6) is 5.75 Å². The first-order valence-electron chi connectivity index (χ1n) is 3.06. The van der Waals surface area contributed by atoms with Crippen molar-refractivity contribution in [3.8, 4) is 5.75 Å². The molecule has 0 aliphatic heterocycles. The van der Waals surface area contributed by atoms with Crippen molar-refractivity contribution in [2.45, 2.75) is 0 Å². The first kappa shape index (κ1) is 8.19. The van der Waals surface area contributed by atoms with Crippen molar-refractivity contribution in [2.75, 3.05) is 0 Å². The summed E-state index contributed by atoms with van der Waals surface area (Å²) in [6.45, 7) is 0. The fourth-order valence-corrected chi connectivity index (χ4v) is 0.676. The number of hydrogen-bond donors (Lipinski definition) is 1. The van der Waals surface area contributed by atoms with Gasteiger partial charge in [-0.05, 0) is 29.4 Å². The van der Waals surface area contributed by atoms with E-state index >= 15 is 0 Å². The molecule has 0 radical (unpaired) electrons. The minimum Gasteiger partial charge on any atom is -0.449 e. The fourth-order valence-electron chi connectivity index (χ4n) is 0.676. The van der Waals surface area contributed by atoms with Crippen LogP contribution in [0.25, 0.3) is 0 Å². The van der Waals surface area contributed by atoms with Crippen LogP contribution >= 0.6 is 0 Å². The van der Waals surface area contributed by atoms with Gasteiger partial charge in [0.15, 0.2) is 0 Å². The minimum atomic E-state index is -1.39. The summed E-state index contributed by atoms with van der Waals surface area (Å²) in [5.41, 5.74) is 0.229. The van der Waals surface area contributed by atoms with Gasteiger partial charge in [0.1, 0.15) is 11.4 Å². The summed E-state index contributed by atoms with van der Waals surface area (Å²) in [6, 6.07) is 5.44. The molecule has 0 aliphatic carbocycles. The quantitative estimate of drug-likeness (QED) is 0.416. The summed E-state index contributed by atoms with van der Waals surface area (Å²) < 4.78 is 4.29. The Hall–Kier alpha value is -1.91. The number of nitroso groups, excluding NO2 is 1. The zero-order valence-electron chi connectivity index (χ0n) is 5.93. The summed E-state index contributed by atoms with van der Waals surface area (Å²) in [6.07, 6.45) is -1.39. The van der Waals surface area contributed by atoms with Crippen molar-refractivity contribution in [1.82, 2.24) is 0 Å². The van der Waals surface area contributed by atoms with E-state index in [1.54, 1.807) is 0 Å². The van der Waals surface area contributed by atoms with Gasteiger partial charge in [0.25, 0.3) is 0 Å².